The number of hydrogen-bond donors (Lipinski definition) is 2. The zero-order chi connectivity index (χ0) is 21.2. The number of benzene rings is 1. The summed E-state index contributed by atoms with van der Waals surface area (Å²) < 4.78 is 42.8. The van der Waals surface area contributed by atoms with E-state index >= 15 is 0 Å². The van der Waals surface area contributed by atoms with Crippen molar-refractivity contribution in [3.05, 3.63) is 57.9 Å². The number of methoxy groups -OCH3 is 1. The molecular formula is C20H24F3N2O3+. The van der Waals surface area contributed by atoms with E-state index in [1.165, 1.54) is 19.2 Å². The smallest absolute Gasteiger partial charge is 0.416 e. The highest BCUT2D eigenvalue weighted by Crippen LogP contribution is 2.29. The third-order valence-corrected chi connectivity index (χ3v) is 4.97. The molecule has 1 heterocycles. The molecule has 1 unspecified atom stereocenters. The Hall–Kier alpha value is -2.61. The van der Waals surface area contributed by atoms with Crippen LogP contribution in [0.15, 0.2) is 24.3 Å². The Morgan fingerprint density at radius 1 is 1.18 bits per heavy atom. The van der Waals surface area contributed by atoms with Gasteiger partial charge in [-0.1, -0.05) is 12.1 Å². The fourth-order valence-electron chi connectivity index (χ4n) is 3.13. The minimum atomic E-state index is -4.37. The van der Waals surface area contributed by atoms with E-state index in [-0.39, 0.29) is 5.78 Å². The Balaban J connectivity index is 2.16. The zero-order valence-electron chi connectivity index (χ0n) is 16.5. The standard InChI is InChI=1S/C20H23F3N2O3/c1-11-16(19(27)28-5)12(2)24-17(11)18(26)13(3)25(4)10-14-6-8-15(9-7-14)20(21,22)23/h6-9,13,24H,10H2,1-5H3/p+1/t13-/m0/s1. The average Bonchev–Trinajstić information content (AvgIpc) is 2.93. The van der Waals surface area contributed by atoms with Crippen molar-refractivity contribution in [2.45, 2.75) is 39.5 Å². The molecule has 0 saturated heterocycles. The number of aromatic amines is 1. The first kappa shape index (κ1) is 21.7. The maximum absolute atomic E-state index is 12.9. The number of Topliss-reactive ketones (excluding diaryl/α,β-unsaturated/α-hetero) is 1. The number of likely N-dealkylation sites (N-methyl/N-ethyl adjacent to an activating group) is 1. The van der Waals surface area contributed by atoms with Crippen molar-refractivity contribution in [2.75, 3.05) is 14.2 Å². The van der Waals surface area contributed by atoms with Crippen molar-refractivity contribution in [3.63, 3.8) is 0 Å². The Morgan fingerprint density at radius 3 is 2.25 bits per heavy atom. The third-order valence-electron chi connectivity index (χ3n) is 4.97. The van der Waals surface area contributed by atoms with Crippen LogP contribution in [0, 0.1) is 13.8 Å². The molecule has 0 saturated carbocycles. The average molecular weight is 397 g/mol. The third kappa shape index (κ3) is 4.44. The van der Waals surface area contributed by atoms with Crippen LogP contribution in [0.25, 0.3) is 0 Å². The number of ketones is 1. The molecule has 0 spiro atoms. The van der Waals surface area contributed by atoms with Crippen molar-refractivity contribution >= 4 is 11.8 Å². The number of hydrogen-bond acceptors (Lipinski definition) is 3. The van der Waals surface area contributed by atoms with Crippen LogP contribution >= 0.6 is 0 Å². The summed E-state index contributed by atoms with van der Waals surface area (Å²) in [4.78, 5) is 28.6. The van der Waals surface area contributed by atoms with Gasteiger partial charge in [0.1, 0.15) is 6.54 Å². The van der Waals surface area contributed by atoms with Crippen LogP contribution in [0.4, 0.5) is 13.2 Å². The van der Waals surface area contributed by atoms with Crippen LogP contribution in [0.2, 0.25) is 0 Å². The molecule has 2 atom stereocenters. The highest BCUT2D eigenvalue weighted by molar-refractivity contribution is 6.03. The van der Waals surface area contributed by atoms with Gasteiger partial charge in [-0.15, -0.1) is 0 Å². The van der Waals surface area contributed by atoms with Crippen molar-refractivity contribution in [2.24, 2.45) is 0 Å². The number of carbonyl (C=O) groups is 2. The molecule has 28 heavy (non-hydrogen) atoms. The van der Waals surface area contributed by atoms with Crippen LogP contribution in [-0.2, 0) is 17.5 Å². The molecule has 0 bridgehead atoms. The van der Waals surface area contributed by atoms with Crippen LogP contribution in [0.1, 0.15) is 50.2 Å². The second-order valence-corrected chi connectivity index (χ2v) is 6.92. The molecular weight excluding hydrogens is 373 g/mol. The molecule has 2 rings (SSSR count). The maximum Gasteiger partial charge on any atom is 0.416 e. The lowest BCUT2D eigenvalue weighted by Crippen LogP contribution is -3.12. The molecule has 8 heteroatoms. The first-order valence-corrected chi connectivity index (χ1v) is 8.77. The van der Waals surface area contributed by atoms with Crippen molar-refractivity contribution in [3.8, 4) is 0 Å². The number of aromatic nitrogens is 1. The van der Waals surface area contributed by atoms with Gasteiger partial charge in [0.05, 0.1) is 31.0 Å². The van der Waals surface area contributed by atoms with Crippen molar-refractivity contribution < 1.29 is 32.4 Å². The highest BCUT2D eigenvalue weighted by atomic mass is 19.4. The van der Waals surface area contributed by atoms with Gasteiger partial charge in [0.15, 0.2) is 6.04 Å². The van der Waals surface area contributed by atoms with Gasteiger partial charge < -0.3 is 14.6 Å². The summed E-state index contributed by atoms with van der Waals surface area (Å²) >= 11 is 0. The number of rotatable bonds is 6. The monoisotopic (exact) mass is 397 g/mol. The summed E-state index contributed by atoms with van der Waals surface area (Å²) in [7, 11) is 3.08. The lowest BCUT2D eigenvalue weighted by molar-refractivity contribution is -0.907. The van der Waals surface area contributed by atoms with Gasteiger partial charge >= 0.3 is 12.1 Å². The Bertz CT molecular complexity index is 870. The fourth-order valence-corrected chi connectivity index (χ4v) is 3.13. The van der Waals surface area contributed by atoms with Gasteiger partial charge in [-0.25, -0.2) is 4.79 Å². The minimum Gasteiger partial charge on any atom is -0.465 e. The van der Waals surface area contributed by atoms with E-state index in [0.29, 0.717) is 34.6 Å². The molecule has 0 amide bonds. The summed E-state index contributed by atoms with van der Waals surface area (Å²) in [6.07, 6.45) is -4.37. The number of aryl methyl sites for hydroxylation is 1. The fraction of sp³-hybridized carbons (Fsp3) is 0.400. The van der Waals surface area contributed by atoms with E-state index < -0.39 is 23.8 Å². The van der Waals surface area contributed by atoms with E-state index in [2.05, 4.69) is 4.98 Å². The van der Waals surface area contributed by atoms with E-state index in [1.54, 1.807) is 27.8 Å². The number of ether oxygens (including phenoxy) is 1. The summed E-state index contributed by atoms with van der Waals surface area (Å²) in [6, 6.07) is 4.45. The Morgan fingerprint density at radius 2 is 1.75 bits per heavy atom. The molecule has 1 aromatic heterocycles. The van der Waals surface area contributed by atoms with Crippen LogP contribution in [0.3, 0.4) is 0 Å². The number of nitrogens with one attached hydrogen (secondary N) is 2. The predicted molar refractivity (Wildman–Crippen MR) is 97.4 cm³/mol. The van der Waals surface area contributed by atoms with Gasteiger partial charge in [-0.05, 0) is 38.5 Å². The molecule has 0 fully saturated rings. The highest BCUT2D eigenvalue weighted by Gasteiger charge is 2.31. The molecule has 152 valence electrons. The molecule has 2 N–H and O–H groups in total. The van der Waals surface area contributed by atoms with E-state index in [9.17, 15) is 22.8 Å². The largest absolute Gasteiger partial charge is 0.465 e. The van der Waals surface area contributed by atoms with Gasteiger partial charge in [0.2, 0.25) is 5.78 Å². The summed E-state index contributed by atoms with van der Waals surface area (Å²) in [5.41, 5.74) is 1.77. The number of halogens is 3. The van der Waals surface area contributed by atoms with Crippen molar-refractivity contribution in [1.82, 2.24) is 4.98 Å². The quantitative estimate of drug-likeness (QED) is 0.582. The molecule has 5 nitrogen and oxygen atoms in total. The van der Waals surface area contributed by atoms with Gasteiger partial charge in [0.25, 0.3) is 0 Å². The molecule has 0 aliphatic rings. The first-order chi connectivity index (χ1) is 13.0. The van der Waals surface area contributed by atoms with E-state index in [0.717, 1.165) is 17.0 Å². The van der Waals surface area contributed by atoms with Gasteiger partial charge in [-0.2, -0.15) is 13.2 Å². The maximum atomic E-state index is 12.9. The van der Waals surface area contributed by atoms with Crippen LogP contribution in [0.5, 0.6) is 0 Å². The lowest BCUT2D eigenvalue weighted by atomic mass is 10.0. The number of esters is 1. The normalized spacial score (nSPS) is 13.9. The molecule has 0 aliphatic carbocycles. The number of carbonyl (C=O) groups excluding carboxylic acids is 2. The number of H-pyrrole nitrogens is 1. The molecule has 2 aromatic rings. The second kappa shape index (κ2) is 8.18. The van der Waals surface area contributed by atoms with Gasteiger partial charge in [-0.3, -0.25) is 4.79 Å². The molecule has 1 aromatic carbocycles. The van der Waals surface area contributed by atoms with Crippen LogP contribution in [-0.4, -0.2) is 36.9 Å². The second-order valence-electron chi connectivity index (χ2n) is 6.92. The minimum absolute atomic E-state index is 0.180. The first-order valence-electron chi connectivity index (χ1n) is 8.77. The SMILES string of the molecule is COC(=O)c1c(C)[nH]c(C(=O)[C@H](C)[NH+](C)Cc2ccc(C(F)(F)F)cc2)c1C. The Labute approximate surface area is 161 Å². The van der Waals surface area contributed by atoms with Crippen LogP contribution < -0.4 is 4.90 Å². The molecule has 0 aliphatic heterocycles. The Kier molecular flexibility index (Phi) is 6.34. The zero-order valence-corrected chi connectivity index (χ0v) is 16.5. The van der Waals surface area contributed by atoms with E-state index in [4.69, 9.17) is 4.74 Å². The predicted octanol–water partition coefficient (Wildman–Crippen LogP) is 2.72. The summed E-state index contributed by atoms with van der Waals surface area (Å²) in [5, 5.41) is 0. The number of quaternary nitrogens is 1. The summed E-state index contributed by atoms with van der Waals surface area (Å²) in [6.45, 7) is 5.50. The number of alkyl halides is 3. The van der Waals surface area contributed by atoms with Crippen molar-refractivity contribution in [1.29, 1.82) is 0 Å². The van der Waals surface area contributed by atoms with E-state index in [1.807, 2.05) is 0 Å². The topological polar surface area (TPSA) is 63.6 Å². The molecule has 0 radical (unpaired) electrons. The lowest BCUT2D eigenvalue weighted by Gasteiger charge is -2.21. The van der Waals surface area contributed by atoms with Gasteiger partial charge in [0, 0.05) is 11.3 Å². The summed E-state index contributed by atoms with van der Waals surface area (Å²) in [5.74, 6) is -0.691.